The summed E-state index contributed by atoms with van der Waals surface area (Å²) in [6, 6.07) is 0.295. The van der Waals surface area contributed by atoms with Crippen LogP contribution in [0.4, 0.5) is 0 Å². The van der Waals surface area contributed by atoms with Gasteiger partial charge in [0.05, 0.1) is 12.1 Å². The van der Waals surface area contributed by atoms with Gasteiger partial charge in [0, 0.05) is 28.5 Å². The van der Waals surface area contributed by atoms with Crippen molar-refractivity contribution in [1.29, 1.82) is 0 Å². The molecule has 0 aromatic heterocycles. The summed E-state index contributed by atoms with van der Waals surface area (Å²) in [4.78, 5) is 29.2. The molecule has 30 heavy (non-hydrogen) atoms. The SMILES string of the molecule is CC(C)(C)C(=O)C1CCCCN1C(C)(C)C.CC(C)(C)C(=O)C1CCN1C(C)(C)C. The molecule has 2 unspecified atom stereocenters. The third kappa shape index (κ3) is 7.15. The fraction of sp³-hybridized carbons (Fsp3) is 0.923. The fourth-order valence-corrected chi connectivity index (χ4v) is 4.47. The molecule has 0 aromatic rings. The maximum Gasteiger partial charge on any atom is 0.155 e. The van der Waals surface area contributed by atoms with Crippen LogP contribution in [-0.2, 0) is 9.59 Å². The number of carbonyl (C=O) groups excluding carboxylic acids is 2. The minimum atomic E-state index is -0.217. The Kier molecular flexibility index (Phi) is 8.55. The van der Waals surface area contributed by atoms with Crippen molar-refractivity contribution in [1.82, 2.24) is 9.80 Å². The molecular weight excluding hydrogens is 372 g/mol. The van der Waals surface area contributed by atoms with Crippen molar-refractivity contribution in [3.05, 3.63) is 0 Å². The molecule has 2 aliphatic rings. The topological polar surface area (TPSA) is 40.6 Å². The van der Waals surface area contributed by atoms with E-state index in [1.54, 1.807) is 0 Å². The van der Waals surface area contributed by atoms with E-state index in [-0.39, 0.29) is 34.0 Å². The number of hydrogen-bond acceptors (Lipinski definition) is 4. The van der Waals surface area contributed by atoms with Crippen molar-refractivity contribution in [3.63, 3.8) is 0 Å². The lowest BCUT2D eigenvalue weighted by atomic mass is 9.79. The molecule has 0 aliphatic carbocycles. The standard InChI is InChI=1S/C14H27NO.C12H23NO/c1-13(2,3)12(16)11-9-7-8-10-15(11)14(4,5)6;1-11(2,3)10(14)9-7-8-13(9)12(4,5)6/h11H,7-10H2,1-6H3;9H,7-8H2,1-6H3. The lowest BCUT2D eigenvalue weighted by Gasteiger charge is -2.50. The highest BCUT2D eigenvalue weighted by atomic mass is 16.1. The van der Waals surface area contributed by atoms with E-state index in [4.69, 9.17) is 0 Å². The summed E-state index contributed by atoms with van der Waals surface area (Å²) >= 11 is 0. The Morgan fingerprint density at radius 1 is 0.567 bits per heavy atom. The van der Waals surface area contributed by atoms with E-state index in [9.17, 15) is 9.59 Å². The number of carbonyl (C=O) groups is 2. The van der Waals surface area contributed by atoms with Crippen LogP contribution in [-0.4, -0.2) is 57.6 Å². The van der Waals surface area contributed by atoms with Gasteiger partial charge in [-0.2, -0.15) is 0 Å². The van der Waals surface area contributed by atoms with Gasteiger partial charge in [0.25, 0.3) is 0 Å². The molecule has 2 rings (SSSR count). The Morgan fingerprint density at radius 2 is 0.933 bits per heavy atom. The van der Waals surface area contributed by atoms with E-state index in [0.717, 1.165) is 25.9 Å². The molecule has 0 radical (unpaired) electrons. The second-order valence-electron chi connectivity index (χ2n) is 13.3. The molecule has 0 saturated carbocycles. The highest BCUT2D eigenvalue weighted by molar-refractivity contribution is 5.89. The van der Waals surface area contributed by atoms with Gasteiger partial charge in [0.15, 0.2) is 11.6 Å². The molecule has 2 saturated heterocycles. The van der Waals surface area contributed by atoms with Crippen molar-refractivity contribution in [2.24, 2.45) is 10.8 Å². The first-order valence-corrected chi connectivity index (χ1v) is 11.9. The van der Waals surface area contributed by atoms with Gasteiger partial charge in [0.2, 0.25) is 0 Å². The quantitative estimate of drug-likeness (QED) is 0.570. The van der Waals surface area contributed by atoms with Gasteiger partial charge < -0.3 is 0 Å². The number of nitrogens with zero attached hydrogens (tertiary/aromatic N) is 2. The van der Waals surface area contributed by atoms with Crippen LogP contribution >= 0.6 is 0 Å². The zero-order valence-electron chi connectivity index (χ0n) is 22.1. The highest BCUT2D eigenvalue weighted by Crippen LogP contribution is 2.33. The number of likely N-dealkylation sites (tertiary alicyclic amines) is 2. The van der Waals surface area contributed by atoms with Crippen molar-refractivity contribution >= 4 is 11.6 Å². The number of Topliss-reactive ketones (excluding diaryl/α,β-unsaturated/α-hetero) is 2. The van der Waals surface area contributed by atoms with Crippen LogP contribution in [0.3, 0.4) is 0 Å². The van der Waals surface area contributed by atoms with E-state index < -0.39 is 0 Å². The van der Waals surface area contributed by atoms with Crippen LogP contribution < -0.4 is 0 Å². The smallest absolute Gasteiger partial charge is 0.155 e. The van der Waals surface area contributed by atoms with E-state index in [2.05, 4.69) is 51.3 Å². The van der Waals surface area contributed by atoms with Crippen LogP contribution in [0.1, 0.15) is 109 Å². The first-order valence-electron chi connectivity index (χ1n) is 11.9. The first-order chi connectivity index (χ1) is 13.3. The molecule has 2 heterocycles. The van der Waals surface area contributed by atoms with Crippen molar-refractivity contribution in [2.75, 3.05) is 13.1 Å². The maximum absolute atomic E-state index is 12.4. The van der Waals surface area contributed by atoms with Gasteiger partial charge in [-0.1, -0.05) is 48.0 Å². The van der Waals surface area contributed by atoms with Crippen LogP contribution in [0.25, 0.3) is 0 Å². The van der Waals surface area contributed by atoms with E-state index in [0.29, 0.717) is 11.6 Å². The monoisotopic (exact) mass is 422 g/mol. The number of ketones is 2. The third-order valence-electron chi connectivity index (χ3n) is 6.33. The number of piperidine rings is 1. The molecule has 176 valence electrons. The summed E-state index contributed by atoms with van der Waals surface area (Å²) in [7, 11) is 0. The van der Waals surface area contributed by atoms with Crippen LogP contribution in [0.15, 0.2) is 0 Å². The predicted octanol–water partition coefficient (Wildman–Crippen LogP) is 5.73. The Labute approximate surface area is 187 Å². The van der Waals surface area contributed by atoms with Gasteiger partial charge >= 0.3 is 0 Å². The van der Waals surface area contributed by atoms with Crippen molar-refractivity contribution in [2.45, 2.75) is 132 Å². The number of rotatable bonds is 2. The van der Waals surface area contributed by atoms with Gasteiger partial charge in [-0.05, 0) is 67.3 Å². The normalized spacial score (nSPS) is 24.5. The Hall–Kier alpha value is -0.740. The van der Waals surface area contributed by atoms with E-state index >= 15 is 0 Å². The minimum absolute atomic E-state index is 0.103. The average molecular weight is 423 g/mol. The summed E-state index contributed by atoms with van der Waals surface area (Å²) in [6.07, 6.45) is 4.49. The average Bonchev–Trinajstić information content (AvgIpc) is 2.49. The maximum atomic E-state index is 12.4. The second kappa shape index (κ2) is 9.40. The zero-order valence-corrected chi connectivity index (χ0v) is 22.1. The van der Waals surface area contributed by atoms with Crippen LogP contribution in [0.2, 0.25) is 0 Å². The molecule has 4 heteroatoms. The highest BCUT2D eigenvalue weighted by Gasteiger charge is 2.43. The molecule has 0 amide bonds. The molecule has 0 bridgehead atoms. The summed E-state index contributed by atoms with van der Waals surface area (Å²) in [5, 5.41) is 0. The molecular formula is C26H50N2O2. The lowest BCUT2D eigenvalue weighted by Crippen LogP contribution is -2.62. The largest absolute Gasteiger partial charge is 0.297 e. The van der Waals surface area contributed by atoms with Gasteiger partial charge in [-0.25, -0.2) is 0 Å². The van der Waals surface area contributed by atoms with Crippen LogP contribution in [0, 0.1) is 10.8 Å². The molecule has 2 aliphatic heterocycles. The molecule has 0 spiro atoms. The second-order valence-corrected chi connectivity index (χ2v) is 13.3. The molecule has 0 aromatic carbocycles. The zero-order chi connectivity index (χ0) is 23.7. The first kappa shape index (κ1) is 27.3. The summed E-state index contributed by atoms with van der Waals surface area (Å²) in [5.41, 5.74) is -0.185. The molecule has 4 nitrogen and oxygen atoms in total. The van der Waals surface area contributed by atoms with Crippen molar-refractivity contribution in [3.8, 4) is 0 Å². The molecule has 2 fully saturated rings. The molecule has 0 N–H and O–H groups in total. The third-order valence-corrected chi connectivity index (χ3v) is 6.33. The molecule has 2 atom stereocenters. The number of hydrogen-bond donors (Lipinski definition) is 0. The summed E-state index contributed by atoms with van der Waals surface area (Å²) in [6.45, 7) is 27.4. The Bertz CT molecular complexity index is 596. The predicted molar refractivity (Wildman–Crippen MR) is 128 cm³/mol. The Balaban J connectivity index is 0.000000303. The van der Waals surface area contributed by atoms with Gasteiger partial charge in [-0.3, -0.25) is 19.4 Å². The van der Waals surface area contributed by atoms with E-state index in [1.165, 1.54) is 12.8 Å². The van der Waals surface area contributed by atoms with Gasteiger partial charge in [-0.15, -0.1) is 0 Å². The summed E-state index contributed by atoms with van der Waals surface area (Å²) in [5.74, 6) is 0.792. The van der Waals surface area contributed by atoms with Crippen molar-refractivity contribution < 1.29 is 9.59 Å². The van der Waals surface area contributed by atoms with Gasteiger partial charge in [0.1, 0.15) is 0 Å². The minimum Gasteiger partial charge on any atom is -0.297 e. The fourth-order valence-electron chi connectivity index (χ4n) is 4.47. The Morgan fingerprint density at radius 3 is 1.23 bits per heavy atom. The van der Waals surface area contributed by atoms with Crippen LogP contribution in [0.5, 0.6) is 0 Å². The summed E-state index contributed by atoms with van der Waals surface area (Å²) < 4.78 is 0. The van der Waals surface area contributed by atoms with E-state index in [1.807, 2.05) is 41.5 Å². The lowest BCUT2D eigenvalue weighted by molar-refractivity contribution is -0.140.